The third-order valence-electron chi connectivity index (χ3n) is 5.13. The Morgan fingerprint density at radius 2 is 1.45 bits per heavy atom. The highest BCUT2D eigenvalue weighted by atomic mass is 16.5. The molecule has 0 saturated heterocycles. The molecular weight excluding hydrogens is 356 g/mol. The minimum Gasteiger partial charge on any atom is -0.494 e. The fourth-order valence-corrected chi connectivity index (χ4v) is 3.23. The van der Waals surface area contributed by atoms with Crippen LogP contribution in [0.5, 0.6) is 5.75 Å². The molecule has 0 bridgehead atoms. The minimum atomic E-state index is 0.0374. The summed E-state index contributed by atoms with van der Waals surface area (Å²) in [4.78, 5) is 12.4. The molecule has 0 aliphatic carbocycles. The van der Waals surface area contributed by atoms with E-state index in [0.29, 0.717) is 0 Å². The normalized spacial score (nSPS) is 11.1. The molecule has 0 aromatic heterocycles. The molecule has 0 atom stereocenters. The molecule has 2 aromatic rings. The predicted octanol–water partition coefficient (Wildman–Crippen LogP) is 7.66. The summed E-state index contributed by atoms with van der Waals surface area (Å²) in [6.45, 7) is 5.20. The summed E-state index contributed by atoms with van der Waals surface area (Å²) in [5.74, 6) is 0.931. The molecule has 2 nitrogen and oxygen atoms in total. The van der Waals surface area contributed by atoms with E-state index >= 15 is 0 Å². The summed E-state index contributed by atoms with van der Waals surface area (Å²) >= 11 is 0. The van der Waals surface area contributed by atoms with Gasteiger partial charge in [0.2, 0.25) is 0 Å². The van der Waals surface area contributed by atoms with Gasteiger partial charge in [0, 0.05) is 5.56 Å². The molecule has 0 aliphatic rings. The van der Waals surface area contributed by atoms with Gasteiger partial charge < -0.3 is 4.74 Å². The lowest BCUT2D eigenvalue weighted by Crippen LogP contribution is -1.97. The van der Waals surface area contributed by atoms with Crippen LogP contribution in [0.25, 0.3) is 6.08 Å². The van der Waals surface area contributed by atoms with Gasteiger partial charge in [-0.1, -0.05) is 94.8 Å². The van der Waals surface area contributed by atoms with E-state index in [2.05, 4.69) is 26.0 Å². The maximum atomic E-state index is 12.4. The Morgan fingerprint density at radius 1 is 0.793 bits per heavy atom. The first-order valence-corrected chi connectivity index (χ1v) is 11.3. The second kappa shape index (κ2) is 13.8. The Kier molecular flexibility index (Phi) is 10.9. The zero-order chi connectivity index (χ0) is 20.7. The first kappa shape index (κ1) is 22.9. The number of hydrogen-bond donors (Lipinski definition) is 0. The van der Waals surface area contributed by atoms with Crippen LogP contribution in [-0.4, -0.2) is 12.4 Å². The molecule has 0 heterocycles. The summed E-state index contributed by atoms with van der Waals surface area (Å²) in [6, 6.07) is 15.9. The third-order valence-corrected chi connectivity index (χ3v) is 5.13. The van der Waals surface area contributed by atoms with Crippen molar-refractivity contribution in [1.29, 1.82) is 0 Å². The molecule has 156 valence electrons. The number of rotatable bonds is 14. The number of benzene rings is 2. The third kappa shape index (κ3) is 9.13. The fraction of sp³-hybridized carbons (Fsp3) is 0.444. The van der Waals surface area contributed by atoms with Gasteiger partial charge in [0.1, 0.15) is 5.75 Å². The summed E-state index contributed by atoms with van der Waals surface area (Å²) < 4.78 is 5.81. The molecule has 0 unspecified atom stereocenters. The first-order chi connectivity index (χ1) is 14.2. The molecule has 0 N–H and O–H groups in total. The molecule has 2 heteroatoms. The topological polar surface area (TPSA) is 26.3 Å². The standard InChI is InChI=1S/C27H36O2/c1-3-5-7-8-9-10-22-29-26-19-14-24(15-20-26)16-21-27(28)25-17-12-23(13-18-25)11-6-4-2/h12-21H,3-11,22H2,1-2H3. The van der Waals surface area contributed by atoms with E-state index in [1.165, 1.54) is 50.5 Å². The van der Waals surface area contributed by atoms with Crippen molar-refractivity contribution in [3.63, 3.8) is 0 Å². The number of aryl methyl sites for hydroxylation is 1. The summed E-state index contributed by atoms with van der Waals surface area (Å²) in [5.41, 5.74) is 3.04. The van der Waals surface area contributed by atoms with Crippen molar-refractivity contribution in [3.05, 3.63) is 71.3 Å². The van der Waals surface area contributed by atoms with E-state index in [9.17, 15) is 4.79 Å². The van der Waals surface area contributed by atoms with Crippen LogP contribution in [0.4, 0.5) is 0 Å². The van der Waals surface area contributed by atoms with Crippen LogP contribution in [0.1, 0.15) is 86.7 Å². The Balaban J connectivity index is 1.75. The SMILES string of the molecule is CCCCCCCCOc1ccc(C=CC(=O)c2ccc(CCCC)cc2)cc1. The lowest BCUT2D eigenvalue weighted by Gasteiger charge is -2.06. The number of ketones is 1. The van der Waals surface area contributed by atoms with Crippen LogP contribution >= 0.6 is 0 Å². The maximum absolute atomic E-state index is 12.4. The lowest BCUT2D eigenvalue weighted by molar-refractivity contribution is 0.104. The van der Waals surface area contributed by atoms with E-state index in [-0.39, 0.29) is 5.78 Å². The van der Waals surface area contributed by atoms with E-state index in [1.54, 1.807) is 6.08 Å². The Hall–Kier alpha value is -2.35. The van der Waals surface area contributed by atoms with E-state index in [4.69, 9.17) is 4.74 Å². The van der Waals surface area contributed by atoms with Crippen molar-refractivity contribution in [3.8, 4) is 5.75 Å². The van der Waals surface area contributed by atoms with E-state index in [0.717, 1.165) is 36.3 Å². The average Bonchev–Trinajstić information content (AvgIpc) is 2.76. The molecule has 2 rings (SSSR count). The molecule has 2 aromatic carbocycles. The molecule has 0 amide bonds. The van der Waals surface area contributed by atoms with Crippen LogP contribution in [-0.2, 0) is 6.42 Å². The Bertz CT molecular complexity index is 726. The first-order valence-electron chi connectivity index (χ1n) is 11.3. The largest absolute Gasteiger partial charge is 0.494 e. The lowest BCUT2D eigenvalue weighted by atomic mass is 10.0. The highest BCUT2D eigenvalue weighted by Crippen LogP contribution is 2.15. The molecule has 0 saturated carbocycles. The number of unbranched alkanes of at least 4 members (excludes halogenated alkanes) is 6. The van der Waals surface area contributed by atoms with Crippen molar-refractivity contribution in [2.24, 2.45) is 0 Å². The molecule has 0 radical (unpaired) electrons. The van der Waals surface area contributed by atoms with Crippen molar-refractivity contribution in [1.82, 2.24) is 0 Å². The minimum absolute atomic E-state index is 0.0374. The molecule has 0 spiro atoms. The average molecular weight is 393 g/mol. The summed E-state index contributed by atoms with van der Waals surface area (Å²) in [6.07, 6.45) is 14.6. The number of carbonyl (C=O) groups excluding carboxylic acids is 1. The van der Waals surface area contributed by atoms with Gasteiger partial charge in [0.25, 0.3) is 0 Å². The quantitative estimate of drug-likeness (QED) is 0.187. The number of ether oxygens (including phenoxy) is 1. The number of hydrogen-bond acceptors (Lipinski definition) is 2. The Morgan fingerprint density at radius 3 is 2.14 bits per heavy atom. The van der Waals surface area contributed by atoms with Crippen LogP contribution in [0.15, 0.2) is 54.6 Å². The van der Waals surface area contributed by atoms with Gasteiger partial charge in [0.15, 0.2) is 5.78 Å². The zero-order valence-corrected chi connectivity index (χ0v) is 18.2. The molecule has 0 aliphatic heterocycles. The van der Waals surface area contributed by atoms with Gasteiger partial charge in [-0.15, -0.1) is 0 Å². The van der Waals surface area contributed by atoms with Crippen LogP contribution in [0.3, 0.4) is 0 Å². The number of allylic oxidation sites excluding steroid dienone is 1. The van der Waals surface area contributed by atoms with Crippen molar-refractivity contribution >= 4 is 11.9 Å². The zero-order valence-electron chi connectivity index (χ0n) is 18.2. The second-order valence-electron chi connectivity index (χ2n) is 7.68. The van der Waals surface area contributed by atoms with Gasteiger partial charge in [-0.3, -0.25) is 4.79 Å². The fourth-order valence-electron chi connectivity index (χ4n) is 3.23. The second-order valence-corrected chi connectivity index (χ2v) is 7.68. The smallest absolute Gasteiger partial charge is 0.185 e. The van der Waals surface area contributed by atoms with Crippen LogP contribution in [0.2, 0.25) is 0 Å². The highest BCUT2D eigenvalue weighted by molar-refractivity contribution is 6.06. The van der Waals surface area contributed by atoms with Gasteiger partial charge in [0.05, 0.1) is 6.61 Å². The molecular formula is C27H36O2. The monoisotopic (exact) mass is 392 g/mol. The van der Waals surface area contributed by atoms with Crippen molar-refractivity contribution < 1.29 is 9.53 Å². The molecule has 0 fully saturated rings. The predicted molar refractivity (Wildman–Crippen MR) is 124 cm³/mol. The van der Waals surface area contributed by atoms with Crippen LogP contribution in [0, 0.1) is 0 Å². The van der Waals surface area contributed by atoms with E-state index in [1.807, 2.05) is 42.5 Å². The van der Waals surface area contributed by atoms with Crippen LogP contribution < -0.4 is 4.74 Å². The van der Waals surface area contributed by atoms with E-state index < -0.39 is 0 Å². The van der Waals surface area contributed by atoms with Gasteiger partial charge in [-0.2, -0.15) is 0 Å². The van der Waals surface area contributed by atoms with Gasteiger partial charge in [-0.05, 0) is 48.6 Å². The molecule has 29 heavy (non-hydrogen) atoms. The number of carbonyl (C=O) groups is 1. The highest BCUT2D eigenvalue weighted by Gasteiger charge is 2.02. The van der Waals surface area contributed by atoms with Crippen molar-refractivity contribution in [2.75, 3.05) is 6.61 Å². The summed E-state index contributed by atoms with van der Waals surface area (Å²) in [7, 11) is 0. The Labute approximate surface area is 177 Å². The summed E-state index contributed by atoms with van der Waals surface area (Å²) in [5, 5.41) is 0. The van der Waals surface area contributed by atoms with Crippen molar-refractivity contribution in [2.45, 2.75) is 71.6 Å². The van der Waals surface area contributed by atoms with Gasteiger partial charge >= 0.3 is 0 Å². The maximum Gasteiger partial charge on any atom is 0.185 e. The van der Waals surface area contributed by atoms with Gasteiger partial charge in [-0.25, -0.2) is 0 Å².